The highest BCUT2D eigenvalue weighted by molar-refractivity contribution is 14.0. The molecule has 0 aliphatic rings. The summed E-state index contributed by atoms with van der Waals surface area (Å²) >= 11 is 0. The maximum Gasteiger partial charge on any atom is 0.193 e. The molecule has 0 saturated carbocycles. The zero-order valence-electron chi connectivity index (χ0n) is 13.7. The molecule has 2 rings (SSSR count). The Morgan fingerprint density at radius 1 is 1.21 bits per heavy atom. The average molecular weight is 459 g/mol. The first kappa shape index (κ1) is 20.6. The Bertz CT molecular complexity index is 705. The molecule has 0 amide bonds. The van der Waals surface area contributed by atoms with E-state index < -0.39 is 10.8 Å². The number of nitrogens with zero attached hydrogens (tertiary/aromatic N) is 1. The van der Waals surface area contributed by atoms with Crippen molar-refractivity contribution in [3.8, 4) is 0 Å². The van der Waals surface area contributed by atoms with E-state index in [1.807, 2.05) is 48.5 Å². The second-order valence-electron chi connectivity index (χ2n) is 5.01. The Morgan fingerprint density at radius 3 is 2.50 bits per heavy atom. The molecule has 0 spiro atoms. The first-order valence-corrected chi connectivity index (χ1v) is 8.72. The largest absolute Gasteiger partial charge is 0.380 e. The maximum absolute atomic E-state index is 11.4. The predicted octanol–water partition coefficient (Wildman–Crippen LogP) is 3.12. The summed E-state index contributed by atoms with van der Waals surface area (Å²) in [6.45, 7) is 0.966. The maximum atomic E-state index is 11.4. The lowest BCUT2D eigenvalue weighted by Crippen LogP contribution is -2.23. The Kier molecular flexibility index (Phi) is 8.94. The van der Waals surface area contributed by atoms with Gasteiger partial charge >= 0.3 is 0 Å². The summed E-state index contributed by atoms with van der Waals surface area (Å²) in [6, 6.07) is 15.3. The van der Waals surface area contributed by atoms with Gasteiger partial charge in [-0.05, 0) is 23.8 Å². The van der Waals surface area contributed by atoms with Crippen molar-refractivity contribution in [2.24, 2.45) is 10.7 Å². The van der Waals surface area contributed by atoms with Crippen LogP contribution >= 0.6 is 24.0 Å². The lowest BCUT2D eigenvalue weighted by molar-refractivity contribution is 0.185. The number of nitrogens with one attached hydrogen (secondary N) is 1. The second kappa shape index (κ2) is 10.4. The number of rotatable bonds is 6. The van der Waals surface area contributed by atoms with Crippen molar-refractivity contribution in [2.45, 2.75) is 18.0 Å². The summed E-state index contributed by atoms with van der Waals surface area (Å²) in [5.74, 6) is 0.344. The molecular weight excluding hydrogens is 437 g/mol. The second-order valence-corrected chi connectivity index (χ2v) is 6.39. The zero-order chi connectivity index (χ0) is 16.7. The van der Waals surface area contributed by atoms with Gasteiger partial charge in [-0.25, -0.2) is 4.99 Å². The van der Waals surface area contributed by atoms with E-state index in [0.29, 0.717) is 19.1 Å². The number of aliphatic imine (C=N–C) groups is 1. The number of para-hydroxylation sites is 1. The van der Waals surface area contributed by atoms with Gasteiger partial charge < -0.3 is 15.8 Å². The van der Waals surface area contributed by atoms with Gasteiger partial charge in [-0.1, -0.05) is 30.3 Å². The Hall–Kier alpha value is -1.45. The highest BCUT2D eigenvalue weighted by atomic mass is 127. The average Bonchev–Trinajstić information content (AvgIpc) is 2.55. The Morgan fingerprint density at radius 2 is 1.88 bits per heavy atom. The lowest BCUT2D eigenvalue weighted by Gasteiger charge is -2.10. The molecule has 0 fully saturated rings. The SMILES string of the molecule is COCc1ccccc1NC(N)=NCc1ccc(S(C)=O)cc1.I. The van der Waals surface area contributed by atoms with Crippen LogP contribution in [0.1, 0.15) is 11.1 Å². The number of guanidine groups is 1. The molecule has 2 aromatic rings. The highest BCUT2D eigenvalue weighted by Gasteiger charge is 2.02. The van der Waals surface area contributed by atoms with E-state index in [1.54, 1.807) is 13.4 Å². The number of hydrogen-bond acceptors (Lipinski definition) is 3. The van der Waals surface area contributed by atoms with Crippen molar-refractivity contribution >= 4 is 46.4 Å². The summed E-state index contributed by atoms with van der Waals surface area (Å²) in [4.78, 5) is 5.14. The molecule has 0 aromatic heterocycles. The third kappa shape index (κ3) is 6.21. The van der Waals surface area contributed by atoms with Crippen LogP contribution in [0.2, 0.25) is 0 Å². The van der Waals surface area contributed by atoms with Gasteiger partial charge in [-0.15, -0.1) is 24.0 Å². The summed E-state index contributed by atoms with van der Waals surface area (Å²) in [5.41, 5.74) is 8.85. The number of ether oxygens (including phenoxy) is 1. The smallest absolute Gasteiger partial charge is 0.193 e. The van der Waals surface area contributed by atoms with E-state index in [2.05, 4.69) is 10.3 Å². The summed E-state index contributed by atoms with van der Waals surface area (Å²) in [6.07, 6.45) is 1.66. The number of hydrogen-bond donors (Lipinski definition) is 2. The molecule has 0 aliphatic heterocycles. The Labute approximate surface area is 162 Å². The van der Waals surface area contributed by atoms with E-state index in [-0.39, 0.29) is 24.0 Å². The van der Waals surface area contributed by atoms with E-state index in [4.69, 9.17) is 10.5 Å². The number of halogens is 1. The van der Waals surface area contributed by atoms with Crippen LogP contribution in [0.3, 0.4) is 0 Å². The fourth-order valence-corrected chi connectivity index (χ4v) is 2.58. The van der Waals surface area contributed by atoms with Gasteiger partial charge in [0, 0.05) is 40.3 Å². The van der Waals surface area contributed by atoms with Crippen molar-refractivity contribution in [1.82, 2.24) is 0 Å². The van der Waals surface area contributed by atoms with Gasteiger partial charge in [0.25, 0.3) is 0 Å². The summed E-state index contributed by atoms with van der Waals surface area (Å²) in [5, 5.41) is 3.09. The van der Waals surface area contributed by atoms with E-state index in [0.717, 1.165) is 21.7 Å². The van der Waals surface area contributed by atoms with Crippen LogP contribution in [0.25, 0.3) is 0 Å². The summed E-state index contributed by atoms with van der Waals surface area (Å²) in [7, 11) is 0.688. The van der Waals surface area contributed by atoms with Gasteiger partial charge in [0.2, 0.25) is 0 Å². The standard InChI is InChI=1S/C17H21N3O2S.HI/c1-22-12-14-5-3-4-6-16(14)20-17(18)19-11-13-7-9-15(10-8-13)23(2)21;/h3-10H,11-12H2,1-2H3,(H3,18,19,20);1H. The molecule has 1 atom stereocenters. The Balaban J connectivity index is 0.00000288. The summed E-state index contributed by atoms with van der Waals surface area (Å²) < 4.78 is 16.5. The van der Waals surface area contributed by atoms with Crippen molar-refractivity contribution in [3.05, 3.63) is 59.7 Å². The zero-order valence-corrected chi connectivity index (χ0v) is 16.8. The molecular formula is C17H22IN3O2S. The van der Waals surface area contributed by atoms with Gasteiger partial charge in [-0.3, -0.25) is 4.21 Å². The van der Waals surface area contributed by atoms with Crippen molar-refractivity contribution in [1.29, 1.82) is 0 Å². The van der Waals surface area contributed by atoms with Crippen LogP contribution < -0.4 is 11.1 Å². The third-order valence-electron chi connectivity index (χ3n) is 3.27. The van der Waals surface area contributed by atoms with E-state index in [9.17, 15) is 4.21 Å². The molecule has 0 radical (unpaired) electrons. The van der Waals surface area contributed by atoms with Crippen molar-refractivity contribution < 1.29 is 8.95 Å². The van der Waals surface area contributed by atoms with Crippen LogP contribution in [-0.2, 0) is 28.7 Å². The quantitative estimate of drug-likeness (QED) is 0.396. The lowest BCUT2D eigenvalue weighted by atomic mass is 10.2. The molecule has 0 heterocycles. The minimum Gasteiger partial charge on any atom is -0.380 e. The van der Waals surface area contributed by atoms with Crippen LogP contribution in [0.4, 0.5) is 5.69 Å². The molecule has 130 valence electrons. The van der Waals surface area contributed by atoms with Gasteiger partial charge in [0.05, 0.1) is 13.2 Å². The van der Waals surface area contributed by atoms with Crippen molar-refractivity contribution in [3.63, 3.8) is 0 Å². The number of benzene rings is 2. The fraction of sp³-hybridized carbons (Fsp3) is 0.235. The molecule has 5 nitrogen and oxygen atoms in total. The molecule has 7 heteroatoms. The van der Waals surface area contributed by atoms with E-state index in [1.165, 1.54) is 0 Å². The number of nitrogens with two attached hydrogens (primary N) is 1. The highest BCUT2D eigenvalue weighted by Crippen LogP contribution is 2.15. The number of methoxy groups -OCH3 is 1. The van der Waals surface area contributed by atoms with Crippen molar-refractivity contribution in [2.75, 3.05) is 18.7 Å². The van der Waals surface area contributed by atoms with Crippen LogP contribution in [0.5, 0.6) is 0 Å². The normalized spacial score (nSPS) is 12.3. The molecule has 1 unspecified atom stereocenters. The molecule has 0 saturated heterocycles. The molecule has 0 aliphatic carbocycles. The first-order chi connectivity index (χ1) is 11.1. The molecule has 0 bridgehead atoms. The van der Waals surface area contributed by atoms with Gasteiger partial charge in [-0.2, -0.15) is 0 Å². The molecule has 3 N–H and O–H groups in total. The molecule has 24 heavy (non-hydrogen) atoms. The van der Waals surface area contributed by atoms with Crippen LogP contribution in [-0.4, -0.2) is 23.5 Å². The minimum atomic E-state index is -0.966. The minimum absolute atomic E-state index is 0. The fourth-order valence-electron chi connectivity index (χ4n) is 2.06. The van der Waals surface area contributed by atoms with Crippen LogP contribution in [0.15, 0.2) is 58.4 Å². The van der Waals surface area contributed by atoms with Gasteiger partial charge in [0.15, 0.2) is 5.96 Å². The monoisotopic (exact) mass is 459 g/mol. The first-order valence-electron chi connectivity index (χ1n) is 7.16. The molecule has 2 aromatic carbocycles. The van der Waals surface area contributed by atoms with Crippen LogP contribution in [0, 0.1) is 0 Å². The topological polar surface area (TPSA) is 76.7 Å². The van der Waals surface area contributed by atoms with E-state index >= 15 is 0 Å². The number of anilines is 1. The third-order valence-corrected chi connectivity index (χ3v) is 4.20. The van der Waals surface area contributed by atoms with Gasteiger partial charge in [0.1, 0.15) is 0 Å². The predicted molar refractivity (Wildman–Crippen MR) is 110 cm³/mol.